The predicted molar refractivity (Wildman–Crippen MR) is 130 cm³/mol. The Bertz CT molecular complexity index is 1220. The summed E-state index contributed by atoms with van der Waals surface area (Å²) in [5.41, 5.74) is 6.24. The SMILES string of the molecule is C#CCCCCCOc1ccc2c(c1)ncn2-c1ccc(-c2cc(C(C)(C)C)[nH]n2)cc1. The smallest absolute Gasteiger partial charge is 0.121 e. The van der Waals surface area contributed by atoms with E-state index in [9.17, 15) is 0 Å². The minimum atomic E-state index is 0.0471. The molecular weight excluding hydrogens is 396 g/mol. The molecule has 0 aliphatic carbocycles. The highest BCUT2D eigenvalue weighted by Gasteiger charge is 2.17. The van der Waals surface area contributed by atoms with Crippen LogP contribution in [0.2, 0.25) is 0 Å². The molecule has 2 aromatic carbocycles. The van der Waals surface area contributed by atoms with E-state index in [-0.39, 0.29) is 5.41 Å². The topological polar surface area (TPSA) is 55.7 Å². The fourth-order valence-electron chi connectivity index (χ4n) is 3.63. The molecule has 0 saturated heterocycles. The Labute approximate surface area is 189 Å². The maximum absolute atomic E-state index is 5.89. The minimum absolute atomic E-state index is 0.0471. The number of aromatic nitrogens is 4. The summed E-state index contributed by atoms with van der Waals surface area (Å²) in [7, 11) is 0. The van der Waals surface area contributed by atoms with E-state index in [2.05, 4.69) is 82.8 Å². The van der Waals surface area contributed by atoms with Crippen molar-refractivity contribution >= 4 is 11.0 Å². The van der Waals surface area contributed by atoms with E-state index in [0.29, 0.717) is 6.61 Å². The van der Waals surface area contributed by atoms with E-state index < -0.39 is 0 Å². The third kappa shape index (κ3) is 4.86. The number of nitrogens with one attached hydrogen (secondary N) is 1. The Hall–Kier alpha value is -3.52. The number of unbranched alkanes of at least 4 members (excludes halogenated alkanes) is 3. The summed E-state index contributed by atoms with van der Waals surface area (Å²) in [5.74, 6) is 3.52. The van der Waals surface area contributed by atoms with Crippen molar-refractivity contribution < 1.29 is 4.74 Å². The number of H-pyrrole nitrogens is 1. The van der Waals surface area contributed by atoms with Crippen LogP contribution in [-0.2, 0) is 5.41 Å². The molecule has 0 bridgehead atoms. The lowest BCUT2D eigenvalue weighted by atomic mass is 9.92. The molecule has 0 spiro atoms. The van der Waals surface area contributed by atoms with Gasteiger partial charge in [-0.2, -0.15) is 5.10 Å². The van der Waals surface area contributed by atoms with Crippen molar-refractivity contribution in [2.24, 2.45) is 0 Å². The molecule has 5 heteroatoms. The van der Waals surface area contributed by atoms with E-state index in [1.165, 1.54) is 0 Å². The molecule has 2 heterocycles. The summed E-state index contributed by atoms with van der Waals surface area (Å²) in [6, 6.07) is 16.6. The molecule has 0 atom stereocenters. The molecule has 32 heavy (non-hydrogen) atoms. The lowest BCUT2D eigenvalue weighted by Gasteiger charge is -2.14. The van der Waals surface area contributed by atoms with E-state index in [1.807, 2.05) is 18.5 Å². The number of benzene rings is 2. The number of fused-ring (bicyclic) bond motifs is 1. The molecule has 4 rings (SSSR count). The van der Waals surface area contributed by atoms with Gasteiger partial charge in [-0.25, -0.2) is 4.98 Å². The van der Waals surface area contributed by atoms with E-state index in [1.54, 1.807) is 0 Å². The summed E-state index contributed by atoms with van der Waals surface area (Å²) in [6.07, 6.45) is 11.1. The van der Waals surface area contributed by atoms with Crippen LogP contribution in [0.3, 0.4) is 0 Å². The van der Waals surface area contributed by atoms with Crippen molar-refractivity contribution in [1.29, 1.82) is 0 Å². The minimum Gasteiger partial charge on any atom is -0.494 e. The third-order valence-corrected chi connectivity index (χ3v) is 5.58. The summed E-state index contributed by atoms with van der Waals surface area (Å²) in [4.78, 5) is 4.58. The lowest BCUT2D eigenvalue weighted by Crippen LogP contribution is -2.11. The monoisotopic (exact) mass is 426 g/mol. The van der Waals surface area contributed by atoms with Gasteiger partial charge in [0.25, 0.3) is 0 Å². The van der Waals surface area contributed by atoms with Crippen LogP contribution in [0.25, 0.3) is 28.0 Å². The Morgan fingerprint density at radius 1 is 1.03 bits per heavy atom. The first-order chi connectivity index (χ1) is 15.5. The van der Waals surface area contributed by atoms with Crippen LogP contribution < -0.4 is 4.74 Å². The zero-order chi connectivity index (χ0) is 22.6. The van der Waals surface area contributed by atoms with Gasteiger partial charge >= 0.3 is 0 Å². The van der Waals surface area contributed by atoms with Crippen LogP contribution >= 0.6 is 0 Å². The van der Waals surface area contributed by atoms with Crippen LogP contribution in [-0.4, -0.2) is 26.4 Å². The fourth-order valence-corrected chi connectivity index (χ4v) is 3.63. The first-order valence-corrected chi connectivity index (χ1v) is 11.2. The molecule has 5 nitrogen and oxygen atoms in total. The van der Waals surface area contributed by atoms with Crippen molar-refractivity contribution in [2.75, 3.05) is 6.61 Å². The number of nitrogens with zero attached hydrogens (tertiary/aromatic N) is 3. The lowest BCUT2D eigenvalue weighted by molar-refractivity contribution is 0.306. The van der Waals surface area contributed by atoms with Gasteiger partial charge in [-0.15, -0.1) is 12.3 Å². The fraction of sp³-hybridized carbons (Fsp3) is 0.333. The molecule has 4 aromatic rings. The summed E-state index contributed by atoms with van der Waals surface area (Å²) >= 11 is 0. The highest BCUT2D eigenvalue weighted by Crippen LogP contribution is 2.27. The van der Waals surface area contributed by atoms with Crippen molar-refractivity contribution in [1.82, 2.24) is 19.7 Å². The molecule has 0 unspecified atom stereocenters. The molecule has 0 fully saturated rings. The average Bonchev–Trinajstić information content (AvgIpc) is 3.43. The highest BCUT2D eigenvalue weighted by molar-refractivity contribution is 5.79. The molecule has 0 amide bonds. The maximum Gasteiger partial charge on any atom is 0.121 e. The van der Waals surface area contributed by atoms with Gasteiger partial charge in [-0.05, 0) is 49.6 Å². The third-order valence-electron chi connectivity index (χ3n) is 5.58. The first kappa shape index (κ1) is 21.7. The summed E-state index contributed by atoms with van der Waals surface area (Å²) in [6.45, 7) is 7.22. The quantitative estimate of drug-likeness (QED) is 0.266. The Morgan fingerprint density at radius 2 is 1.84 bits per heavy atom. The van der Waals surface area contributed by atoms with Crippen LogP contribution in [0.15, 0.2) is 54.9 Å². The van der Waals surface area contributed by atoms with E-state index in [0.717, 1.165) is 65.1 Å². The van der Waals surface area contributed by atoms with Gasteiger partial charge in [0.1, 0.15) is 12.1 Å². The van der Waals surface area contributed by atoms with Crippen LogP contribution in [0.1, 0.15) is 52.1 Å². The molecule has 2 aromatic heterocycles. The Balaban J connectivity index is 1.45. The molecule has 0 aliphatic rings. The van der Waals surface area contributed by atoms with Gasteiger partial charge < -0.3 is 4.74 Å². The number of rotatable bonds is 8. The zero-order valence-corrected chi connectivity index (χ0v) is 19.1. The maximum atomic E-state index is 5.89. The Morgan fingerprint density at radius 3 is 2.56 bits per heavy atom. The van der Waals surface area contributed by atoms with Crippen molar-refractivity contribution in [2.45, 2.75) is 51.9 Å². The first-order valence-electron chi connectivity index (χ1n) is 11.2. The zero-order valence-electron chi connectivity index (χ0n) is 19.1. The van der Waals surface area contributed by atoms with Gasteiger partial charge in [0.05, 0.1) is 23.3 Å². The van der Waals surface area contributed by atoms with Gasteiger partial charge in [-0.1, -0.05) is 32.9 Å². The highest BCUT2D eigenvalue weighted by atomic mass is 16.5. The number of imidazole rings is 1. The number of terminal acetylenes is 1. The van der Waals surface area contributed by atoms with E-state index in [4.69, 9.17) is 11.2 Å². The van der Waals surface area contributed by atoms with Gasteiger partial charge in [0.2, 0.25) is 0 Å². The second-order valence-corrected chi connectivity index (χ2v) is 9.09. The van der Waals surface area contributed by atoms with Gasteiger partial charge in [0, 0.05) is 34.8 Å². The molecule has 0 aliphatic heterocycles. The summed E-state index contributed by atoms with van der Waals surface area (Å²) < 4.78 is 7.98. The second-order valence-electron chi connectivity index (χ2n) is 9.09. The average molecular weight is 427 g/mol. The number of aromatic amines is 1. The van der Waals surface area contributed by atoms with E-state index >= 15 is 0 Å². The van der Waals surface area contributed by atoms with Crippen molar-refractivity contribution in [3.05, 3.63) is 60.6 Å². The largest absolute Gasteiger partial charge is 0.494 e. The normalized spacial score (nSPS) is 11.6. The van der Waals surface area contributed by atoms with Crippen molar-refractivity contribution in [3.63, 3.8) is 0 Å². The molecule has 0 radical (unpaired) electrons. The number of hydrogen-bond acceptors (Lipinski definition) is 3. The molecule has 0 saturated carbocycles. The van der Waals surface area contributed by atoms with Gasteiger partial charge in [-0.3, -0.25) is 9.67 Å². The number of ether oxygens (including phenoxy) is 1. The predicted octanol–water partition coefficient (Wildman–Crippen LogP) is 6.29. The molecule has 1 N–H and O–H groups in total. The van der Waals surface area contributed by atoms with Gasteiger partial charge in [0.15, 0.2) is 0 Å². The van der Waals surface area contributed by atoms with Crippen LogP contribution in [0, 0.1) is 12.3 Å². The van der Waals surface area contributed by atoms with Crippen LogP contribution in [0.5, 0.6) is 5.75 Å². The Kier molecular flexibility index (Phi) is 6.32. The standard InChI is InChI=1S/C27H30N4O/c1-5-6-7-8-9-16-32-22-14-15-25-24(17-22)28-19-31(25)21-12-10-20(11-13-21)23-18-26(30-29-23)27(2,3)4/h1,10-15,17-19H,6-9,16H2,2-4H3,(H,29,30). The molecular formula is C27H30N4O. The number of hydrogen-bond donors (Lipinski definition) is 1. The van der Waals surface area contributed by atoms with Crippen LogP contribution in [0.4, 0.5) is 0 Å². The summed E-state index contributed by atoms with van der Waals surface area (Å²) in [5, 5.41) is 7.64. The second kappa shape index (κ2) is 9.32. The molecule has 164 valence electrons. The van der Waals surface area contributed by atoms with Crippen molar-refractivity contribution in [3.8, 4) is 35.0 Å².